The average molecular weight is 283 g/mol. The Bertz CT molecular complexity index is 557. The van der Waals surface area contributed by atoms with Gasteiger partial charge in [-0.2, -0.15) is 0 Å². The highest BCUT2D eigenvalue weighted by Crippen LogP contribution is 2.33. The second kappa shape index (κ2) is 5.13. The monoisotopic (exact) mass is 282 g/mol. The van der Waals surface area contributed by atoms with Crippen LogP contribution in [0.15, 0.2) is 18.2 Å². The number of hydrogen-bond acceptors (Lipinski definition) is 4. The van der Waals surface area contributed by atoms with Crippen molar-refractivity contribution in [2.24, 2.45) is 0 Å². The minimum Gasteiger partial charge on any atom is -0.379 e. The normalized spacial score (nSPS) is 23.9. The summed E-state index contributed by atoms with van der Waals surface area (Å²) in [5.41, 5.74) is 1.03. The first-order valence-electron chi connectivity index (χ1n) is 6.15. The first kappa shape index (κ1) is 12.4. The molecule has 5 heteroatoms. The third-order valence-corrected chi connectivity index (χ3v) is 4.62. The van der Waals surface area contributed by atoms with Crippen LogP contribution in [0.1, 0.15) is 17.8 Å². The Balaban J connectivity index is 1.93. The molecule has 2 unspecified atom stereocenters. The quantitative estimate of drug-likeness (QED) is 0.940. The number of fused-ring (bicyclic) bond motifs is 1. The predicted octanol–water partition coefficient (Wildman–Crippen LogP) is 3.04. The van der Waals surface area contributed by atoms with Crippen LogP contribution in [0.3, 0.4) is 0 Å². The molecular weight excluding hydrogens is 268 g/mol. The van der Waals surface area contributed by atoms with Gasteiger partial charge in [0.1, 0.15) is 5.01 Å². The van der Waals surface area contributed by atoms with E-state index in [1.54, 1.807) is 11.3 Å². The number of hydrogen-bond donors (Lipinski definition) is 1. The number of nitrogens with one attached hydrogen (secondary N) is 1. The van der Waals surface area contributed by atoms with Crippen LogP contribution in [0.25, 0.3) is 10.2 Å². The Kier molecular flexibility index (Phi) is 3.52. The summed E-state index contributed by atoms with van der Waals surface area (Å²) in [6.45, 7) is 4.61. The van der Waals surface area contributed by atoms with Crippen LogP contribution in [-0.2, 0) is 4.74 Å². The molecule has 1 aliphatic heterocycles. The number of ether oxygens (including phenoxy) is 1. The maximum Gasteiger partial charge on any atom is 0.101 e. The molecule has 2 atom stereocenters. The lowest BCUT2D eigenvalue weighted by Gasteiger charge is -2.15. The van der Waals surface area contributed by atoms with Crippen molar-refractivity contribution in [3.05, 3.63) is 28.2 Å². The van der Waals surface area contributed by atoms with Gasteiger partial charge in [-0.05, 0) is 24.7 Å². The van der Waals surface area contributed by atoms with E-state index in [9.17, 15) is 0 Å². The Morgan fingerprint density at radius 1 is 1.50 bits per heavy atom. The van der Waals surface area contributed by atoms with E-state index < -0.39 is 0 Å². The predicted molar refractivity (Wildman–Crippen MR) is 75.7 cm³/mol. The molecule has 3 nitrogen and oxygen atoms in total. The van der Waals surface area contributed by atoms with E-state index in [-0.39, 0.29) is 0 Å². The van der Waals surface area contributed by atoms with Crippen LogP contribution in [0.4, 0.5) is 0 Å². The molecule has 0 radical (unpaired) electrons. The molecule has 1 saturated heterocycles. The third kappa shape index (κ3) is 2.26. The summed E-state index contributed by atoms with van der Waals surface area (Å²) >= 11 is 7.73. The second-order valence-corrected chi connectivity index (χ2v) is 5.97. The van der Waals surface area contributed by atoms with Crippen LogP contribution in [-0.4, -0.2) is 30.8 Å². The van der Waals surface area contributed by atoms with Crippen molar-refractivity contribution in [1.29, 1.82) is 0 Å². The molecule has 1 aromatic carbocycles. The van der Waals surface area contributed by atoms with Crippen molar-refractivity contribution in [2.75, 3.05) is 19.8 Å². The molecule has 18 heavy (non-hydrogen) atoms. The van der Waals surface area contributed by atoms with E-state index in [2.05, 4.69) is 12.2 Å². The van der Waals surface area contributed by atoms with Gasteiger partial charge in [0.15, 0.2) is 0 Å². The molecule has 2 aromatic rings. The van der Waals surface area contributed by atoms with E-state index in [1.165, 1.54) is 0 Å². The first-order chi connectivity index (χ1) is 8.78. The maximum atomic E-state index is 6.01. The molecule has 0 amide bonds. The Morgan fingerprint density at radius 3 is 3.22 bits per heavy atom. The van der Waals surface area contributed by atoms with Gasteiger partial charge in [0.25, 0.3) is 0 Å². The zero-order valence-electron chi connectivity index (χ0n) is 10.1. The van der Waals surface area contributed by atoms with Crippen molar-refractivity contribution < 1.29 is 4.74 Å². The van der Waals surface area contributed by atoms with Gasteiger partial charge < -0.3 is 10.1 Å². The van der Waals surface area contributed by atoms with Crippen LogP contribution < -0.4 is 5.32 Å². The lowest BCUT2D eigenvalue weighted by atomic mass is 10.1. The summed E-state index contributed by atoms with van der Waals surface area (Å²) in [5.74, 6) is 0.362. The van der Waals surface area contributed by atoms with Crippen molar-refractivity contribution in [3.63, 3.8) is 0 Å². The number of halogens is 1. The van der Waals surface area contributed by atoms with Gasteiger partial charge in [-0.25, -0.2) is 4.98 Å². The molecular formula is C13H15ClN2OS. The summed E-state index contributed by atoms with van der Waals surface area (Å²) in [5, 5.41) is 5.38. The highest BCUT2D eigenvalue weighted by molar-refractivity contribution is 7.18. The van der Waals surface area contributed by atoms with E-state index in [0.29, 0.717) is 12.0 Å². The van der Waals surface area contributed by atoms with Crippen LogP contribution in [0.2, 0.25) is 5.02 Å². The molecule has 1 fully saturated rings. The van der Waals surface area contributed by atoms with E-state index >= 15 is 0 Å². The van der Waals surface area contributed by atoms with Gasteiger partial charge >= 0.3 is 0 Å². The lowest BCUT2D eigenvalue weighted by molar-refractivity contribution is 0.188. The lowest BCUT2D eigenvalue weighted by Crippen LogP contribution is -2.34. The topological polar surface area (TPSA) is 34.1 Å². The Hall–Kier alpha value is -0.680. The second-order valence-electron chi connectivity index (χ2n) is 4.47. The molecule has 1 N–H and O–H groups in total. The minimum absolute atomic E-state index is 0.362. The fourth-order valence-corrected chi connectivity index (χ4v) is 3.73. The van der Waals surface area contributed by atoms with E-state index in [4.69, 9.17) is 21.3 Å². The summed E-state index contributed by atoms with van der Waals surface area (Å²) in [7, 11) is 0. The standard InChI is InChI=1S/C13H15ClN2OS/c1-2-15-11-7-17-6-9(11)13-16-10-4-3-8(14)5-12(10)18-13/h3-5,9,11,15H,2,6-7H2,1H3. The number of nitrogens with zero attached hydrogens (tertiary/aromatic N) is 1. The molecule has 2 heterocycles. The molecule has 0 bridgehead atoms. The Morgan fingerprint density at radius 2 is 2.39 bits per heavy atom. The smallest absolute Gasteiger partial charge is 0.101 e. The molecule has 1 aromatic heterocycles. The first-order valence-corrected chi connectivity index (χ1v) is 7.34. The average Bonchev–Trinajstić information content (AvgIpc) is 2.94. The van der Waals surface area contributed by atoms with E-state index in [0.717, 1.165) is 40.0 Å². The largest absolute Gasteiger partial charge is 0.379 e. The number of thiazole rings is 1. The summed E-state index contributed by atoms with van der Waals surface area (Å²) in [6, 6.07) is 6.23. The fraction of sp³-hybridized carbons (Fsp3) is 0.462. The third-order valence-electron chi connectivity index (χ3n) is 3.23. The highest BCUT2D eigenvalue weighted by atomic mass is 35.5. The van der Waals surface area contributed by atoms with Crippen molar-refractivity contribution in [3.8, 4) is 0 Å². The van der Waals surface area contributed by atoms with Crippen LogP contribution in [0, 0.1) is 0 Å². The van der Waals surface area contributed by atoms with Gasteiger partial charge in [0.05, 0.1) is 29.3 Å². The summed E-state index contributed by atoms with van der Waals surface area (Å²) in [4.78, 5) is 4.71. The van der Waals surface area contributed by atoms with Crippen molar-refractivity contribution >= 4 is 33.2 Å². The molecule has 0 saturated carbocycles. The van der Waals surface area contributed by atoms with E-state index in [1.807, 2.05) is 18.2 Å². The van der Waals surface area contributed by atoms with Crippen LogP contribution >= 0.6 is 22.9 Å². The zero-order chi connectivity index (χ0) is 12.5. The summed E-state index contributed by atoms with van der Waals surface area (Å²) < 4.78 is 6.73. The van der Waals surface area contributed by atoms with Gasteiger partial charge in [-0.3, -0.25) is 0 Å². The molecule has 1 aliphatic rings. The number of aromatic nitrogens is 1. The molecule has 0 aliphatic carbocycles. The number of rotatable bonds is 3. The van der Waals surface area contributed by atoms with Gasteiger partial charge in [0.2, 0.25) is 0 Å². The molecule has 3 rings (SSSR count). The fourth-order valence-electron chi connectivity index (χ4n) is 2.34. The summed E-state index contributed by atoms with van der Waals surface area (Å²) in [6.07, 6.45) is 0. The number of benzene rings is 1. The molecule has 0 spiro atoms. The zero-order valence-corrected chi connectivity index (χ0v) is 11.7. The maximum absolute atomic E-state index is 6.01. The SMILES string of the molecule is CCNC1COCC1c1nc2ccc(Cl)cc2s1. The Labute approximate surface area is 115 Å². The minimum atomic E-state index is 0.362. The molecule has 96 valence electrons. The van der Waals surface area contributed by atoms with Gasteiger partial charge in [0, 0.05) is 11.1 Å². The van der Waals surface area contributed by atoms with Gasteiger partial charge in [-0.15, -0.1) is 11.3 Å². The van der Waals surface area contributed by atoms with Crippen molar-refractivity contribution in [2.45, 2.75) is 18.9 Å². The highest BCUT2D eigenvalue weighted by Gasteiger charge is 2.31. The van der Waals surface area contributed by atoms with Gasteiger partial charge in [-0.1, -0.05) is 18.5 Å². The number of likely N-dealkylation sites (N-methyl/N-ethyl adjacent to an activating group) is 1. The van der Waals surface area contributed by atoms with Crippen molar-refractivity contribution in [1.82, 2.24) is 10.3 Å². The van der Waals surface area contributed by atoms with Crippen LogP contribution in [0.5, 0.6) is 0 Å².